The molecule has 3 aromatic rings. The van der Waals surface area contributed by atoms with Crippen LogP contribution in [0.1, 0.15) is 43.2 Å². The second-order valence-electron chi connectivity index (χ2n) is 12.6. The number of ether oxygens (including phenoxy) is 1. The minimum Gasteiger partial charge on any atom is -0.381 e. The number of rotatable bonds is 5. The molecule has 9 heteroatoms. The summed E-state index contributed by atoms with van der Waals surface area (Å²) >= 11 is 0. The van der Waals surface area contributed by atoms with Gasteiger partial charge in [-0.1, -0.05) is 60.7 Å². The fourth-order valence-electron chi connectivity index (χ4n) is 7.04. The molecule has 9 nitrogen and oxygen atoms in total. The van der Waals surface area contributed by atoms with Crippen molar-refractivity contribution in [3.8, 4) is 0 Å². The average molecular weight is 598 g/mol. The van der Waals surface area contributed by atoms with Crippen LogP contribution in [-0.4, -0.2) is 72.0 Å². The number of hydrogen-bond acceptors (Lipinski definition) is 5. The molecule has 0 bridgehead atoms. The fraction of sp³-hybridized carbons (Fsp3) is 0.457. The Hall–Kier alpha value is -3.95. The number of hydrogen-bond donors (Lipinski definition) is 4. The Labute approximate surface area is 258 Å². The molecular weight excluding hydrogens is 554 g/mol. The highest BCUT2D eigenvalue weighted by Gasteiger charge is 2.42. The smallest absolute Gasteiger partial charge is 0.243 e. The van der Waals surface area contributed by atoms with Crippen molar-refractivity contribution in [2.45, 2.75) is 63.1 Å². The maximum absolute atomic E-state index is 13.8. The number of carbonyl (C=O) groups excluding carboxylic acids is 3. The Bertz CT molecular complexity index is 1500. The number of allylic oxidation sites excluding steroid dienone is 2. The molecule has 44 heavy (non-hydrogen) atoms. The predicted molar refractivity (Wildman–Crippen MR) is 170 cm³/mol. The number of fused-ring (bicyclic) bond motifs is 2. The molecule has 232 valence electrons. The highest BCUT2D eigenvalue weighted by molar-refractivity contribution is 5.91. The predicted octanol–water partition coefficient (Wildman–Crippen LogP) is 3.25. The first-order valence-electron chi connectivity index (χ1n) is 15.9. The number of nitrogens with one attached hydrogen (secondary N) is 3. The van der Waals surface area contributed by atoms with Gasteiger partial charge in [-0.3, -0.25) is 14.4 Å². The number of nitrogens with zero attached hydrogens (tertiary/aromatic N) is 1. The van der Waals surface area contributed by atoms with Crippen LogP contribution in [-0.2, 0) is 32.0 Å². The average Bonchev–Trinajstić information content (AvgIpc) is 3.46. The van der Waals surface area contributed by atoms with E-state index in [4.69, 9.17) is 10.5 Å². The SMILES string of the molecule is N[C@@H](Cc1c[nH]c2ccccc12)C(=O)N1CC[C@@H]2NC(=O)[C@H](Cc3ccccc3)NC(=O)C3(C/C=C/C[C@@H]2C1)CCOCC3. The Morgan fingerprint density at radius 1 is 1.02 bits per heavy atom. The van der Waals surface area contributed by atoms with Gasteiger partial charge in [0, 0.05) is 61.8 Å². The molecule has 0 radical (unpaired) electrons. The van der Waals surface area contributed by atoms with E-state index in [0.717, 1.165) is 22.0 Å². The first-order chi connectivity index (χ1) is 21.4. The van der Waals surface area contributed by atoms with Crippen LogP contribution in [0, 0.1) is 11.3 Å². The summed E-state index contributed by atoms with van der Waals surface area (Å²) in [6, 6.07) is 16.4. The summed E-state index contributed by atoms with van der Waals surface area (Å²) in [5, 5.41) is 7.50. The van der Waals surface area contributed by atoms with E-state index in [-0.39, 0.29) is 29.7 Å². The summed E-state index contributed by atoms with van der Waals surface area (Å²) in [4.78, 5) is 46.3. The quantitative estimate of drug-likeness (QED) is 0.336. The zero-order valence-electron chi connectivity index (χ0n) is 25.2. The second-order valence-corrected chi connectivity index (χ2v) is 12.6. The van der Waals surface area contributed by atoms with E-state index in [2.05, 4.69) is 27.8 Å². The van der Waals surface area contributed by atoms with Crippen molar-refractivity contribution in [3.63, 3.8) is 0 Å². The van der Waals surface area contributed by atoms with Crippen LogP contribution in [0.2, 0.25) is 0 Å². The molecule has 0 unspecified atom stereocenters. The van der Waals surface area contributed by atoms with Crippen LogP contribution in [0.5, 0.6) is 0 Å². The van der Waals surface area contributed by atoms with Crippen molar-refractivity contribution in [1.29, 1.82) is 0 Å². The van der Waals surface area contributed by atoms with Crippen LogP contribution in [0.4, 0.5) is 0 Å². The lowest BCUT2D eigenvalue weighted by Crippen LogP contribution is -2.59. The van der Waals surface area contributed by atoms with Gasteiger partial charge in [0.15, 0.2) is 0 Å². The van der Waals surface area contributed by atoms with Gasteiger partial charge in [0.25, 0.3) is 0 Å². The molecule has 3 aliphatic heterocycles. The van der Waals surface area contributed by atoms with Gasteiger partial charge in [0.2, 0.25) is 17.7 Å². The summed E-state index contributed by atoms with van der Waals surface area (Å²) in [7, 11) is 0. The maximum atomic E-state index is 13.8. The molecule has 2 aromatic carbocycles. The van der Waals surface area contributed by atoms with Crippen molar-refractivity contribution < 1.29 is 19.1 Å². The van der Waals surface area contributed by atoms with E-state index in [1.165, 1.54) is 0 Å². The standard InChI is InChI=1S/C35H43N5O4/c36-28(21-26-22-37-30-12-5-4-11-27(26)30)33(42)40-17-13-29-25(23-40)10-6-7-14-35(15-18-44-19-16-35)34(43)39-31(32(41)38-29)20-24-8-2-1-3-9-24/h1-9,11-12,22,25,28-29,31,37H,10,13-21,23,36H2,(H,38,41)(H,39,43)/b7-6+/t25-,28+,29+,31+/m1/s1. The summed E-state index contributed by atoms with van der Waals surface area (Å²) in [6.45, 7) is 2.09. The van der Waals surface area contributed by atoms with Crippen LogP contribution < -0.4 is 16.4 Å². The van der Waals surface area contributed by atoms with Crippen molar-refractivity contribution in [3.05, 3.63) is 84.1 Å². The number of nitrogens with two attached hydrogens (primary N) is 1. The molecule has 0 saturated carbocycles. The first-order valence-corrected chi connectivity index (χ1v) is 15.9. The number of para-hydroxylation sites is 1. The molecule has 4 heterocycles. The van der Waals surface area contributed by atoms with Crippen LogP contribution in [0.15, 0.2) is 72.9 Å². The number of amides is 3. The lowest BCUT2D eigenvalue weighted by Gasteiger charge is -2.41. The topological polar surface area (TPSA) is 130 Å². The van der Waals surface area contributed by atoms with Gasteiger partial charge in [-0.2, -0.15) is 0 Å². The first kappa shape index (κ1) is 30.1. The normalized spacial score (nSPS) is 25.7. The van der Waals surface area contributed by atoms with Gasteiger partial charge >= 0.3 is 0 Å². The van der Waals surface area contributed by atoms with E-state index in [1.807, 2.05) is 65.7 Å². The lowest BCUT2D eigenvalue weighted by atomic mass is 9.75. The van der Waals surface area contributed by atoms with Gasteiger partial charge in [-0.15, -0.1) is 0 Å². The molecule has 1 aromatic heterocycles. The molecular formula is C35H43N5O4. The van der Waals surface area contributed by atoms with Gasteiger partial charge in [0.05, 0.1) is 11.5 Å². The van der Waals surface area contributed by atoms with E-state index < -0.39 is 17.5 Å². The monoisotopic (exact) mass is 597 g/mol. The zero-order valence-corrected chi connectivity index (χ0v) is 25.2. The number of piperidine rings is 1. The summed E-state index contributed by atoms with van der Waals surface area (Å²) in [5.74, 6) is -0.292. The van der Waals surface area contributed by atoms with Crippen molar-refractivity contribution in [1.82, 2.24) is 20.5 Å². The van der Waals surface area contributed by atoms with Gasteiger partial charge < -0.3 is 31.0 Å². The van der Waals surface area contributed by atoms with Gasteiger partial charge in [0.1, 0.15) is 6.04 Å². The number of H-pyrrole nitrogens is 1. The maximum Gasteiger partial charge on any atom is 0.243 e. The van der Waals surface area contributed by atoms with Crippen molar-refractivity contribution >= 4 is 28.6 Å². The molecule has 3 aliphatic rings. The largest absolute Gasteiger partial charge is 0.381 e. The van der Waals surface area contributed by atoms with Crippen LogP contribution >= 0.6 is 0 Å². The third kappa shape index (κ3) is 6.59. The summed E-state index contributed by atoms with van der Waals surface area (Å²) < 4.78 is 5.61. The number of aromatic nitrogens is 1. The third-order valence-corrected chi connectivity index (χ3v) is 9.76. The molecule has 1 spiro atoms. The Balaban J connectivity index is 1.19. The molecule has 3 amide bonds. The Morgan fingerprint density at radius 3 is 2.61 bits per heavy atom. The minimum absolute atomic E-state index is 0.0336. The van der Waals surface area contributed by atoms with E-state index in [1.54, 1.807) is 0 Å². The van der Waals surface area contributed by atoms with Crippen molar-refractivity contribution in [2.75, 3.05) is 26.3 Å². The minimum atomic E-state index is -0.696. The lowest BCUT2D eigenvalue weighted by molar-refractivity contribution is -0.140. The molecule has 2 saturated heterocycles. The molecule has 0 aliphatic carbocycles. The fourth-order valence-corrected chi connectivity index (χ4v) is 7.04. The van der Waals surface area contributed by atoms with Gasteiger partial charge in [-0.25, -0.2) is 0 Å². The molecule has 2 fully saturated rings. The number of benzene rings is 2. The summed E-state index contributed by atoms with van der Waals surface area (Å²) in [5.41, 5.74) is 8.95. The Morgan fingerprint density at radius 2 is 1.80 bits per heavy atom. The third-order valence-electron chi connectivity index (χ3n) is 9.76. The highest BCUT2D eigenvalue weighted by Crippen LogP contribution is 2.36. The van der Waals surface area contributed by atoms with E-state index in [9.17, 15) is 14.4 Å². The second kappa shape index (κ2) is 13.4. The number of likely N-dealkylation sites (tertiary alicyclic amines) is 1. The number of aromatic amines is 1. The summed E-state index contributed by atoms with van der Waals surface area (Å²) in [6.07, 6.45) is 10.2. The highest BCUT2D eigenvalue weighted by atomic mass is 16.5. The van der Waals surface area contributed by atoms with Gasteiger partial charge in [-0.05, 0) is 55.7 Å². The van der Waals surface area contributed by atoms with Crippen LogP contribution in [0.3, 0.4) is 0 Å². The Kier molecular flexibility index (Phi) is 9.14. The van der Waals surface area contributed by atoms with Crippen LogP contribution in [0.25, 0.3) is 10.9 Å². The van der Waals surface area contributed by atoms with E-state index in [0.29, 0.717) is 71.2 Å². The zero-order chi connectivity index (χ0) is 30.5. The number of carbonyl (C=O) groups is 3. The molecule has 5 N–H and O–H groups in total. The molecule has 4 atom stereocenters. The van der Waals surface area contributed by atoms with E-state index >= 15 is 0 Å². The molecule has 6 rings (SSSR count). The van der Waals surface area contributed by atoms with Crippen molar-refractivity contribution in [2.24, 2.45) is 17.1 Å².